The molecule has 98 valence electrons. The molecular weight excluding hydrogens is 244 g/mol. The molecule has 0 spiro atoms. The number of carboxylic acid groups (broad SMARTS) is 1. The Kier molecular flexibility index (Phi) is 4.76. The maximum atomic E-state index is 13.4. The lowest BCUT2D eigenvalue weighted by atomic mass is 9.97. The van der Waals surface area contributed by atoms with E-state index in [1.54, 1.807) is 6.92 Å². The lowest BCUT2D eigenvalue weighted by Crippen LogP contribution is -2.30. The first-order chi connectivity index (χ1) is 8.40. The number of carbonyl (C=O) groups is 2. The van der Waals surface area contributed by atoms with Crippen LogP contribution in [-0.4, -0.2) is 23.5 Å². The largest absolute Gasteiger partial charge is 0.480 e. The Balaban J connectivity index is 2.62. The fourth-order valence-corrected chi connectivity index (χ4v) is 1.54. The van der Waals surface area contributed by atoms with Crippen molar-refractivity contribution in [1.29, 1.82) is 0 Å². The number of halogens is 2. The number of hydrogen-bond acceptors (Lipinski definition) is 2. The topological polar surface area (TPSA) is 66.4 Å². The Hall–Kier alpha value is -1.98. The van der Waals surface area contributed by atoms with Crippen molar-refractivity contribution in [2.24, 2.45) is 0 Å². The molecule has 0 bridgehead atoms. The van der Waals surface area contributed by atoms with E-state index in [4.69, 9.17) is 5.11 Å². The zero-order valence-electron chi connectivity index (χ0n) is 9.74. The maximum Gasteiger partial charge on any atom is 0.322 e. The molecule has 0 fully saturated rings. The van der Waals surface area contributed by atoms with Crippen LogP contribution in [0.1, 0.15) is 24.8 Å². The van der Waals surface area contributed by atoms with E-state index < -0.39 is 36.0 Å². The highest BCUT2D eigenvalue weighted by Gasteiger charge is 2.15. The second-order valence-corrected chi connectivity index (χ2v) is 3.94. The molecule has 0 aliphatic heterocycles. The molecule has 0 saturated carbocycles. The third-order valence-electron chi connectivity index (χ3n) is 2.42. The van der Waals surface area contributed by atoms with Crippen molar-refractivity contribution in [3.8, 4) is 0 Å². The summed E-state index contributed by atoms with van der Waals surface area (Å²) in [6.45, 7) is 1.13. The van der Waals surface area contributed by atoms with Crippen LogP contribution in [0.3, 0.4) is 0 Å². The van der Waals surface area contributed by atoms with E-state index in [0.29, 0.717) is 0 Å². The predicted octanol–water partition coefficient (Wildman–Crippen LogP) is 1.66. The van der Waals surface area contributed by atoms with Crippen LogP contribution in [0, 0.1) is 11.6 Å². The second-order valence-electron chi connectivity index (χ2n) is 3.94. The summed E-state index contributed by atoms with van der Waals surface area (Å²) in [6.07, 6.45) is -0.0597. The lowest BCUT2D eigenvalue weighted by Gasteiger charge is -2.12. The second kappa shape index (κ2) is 6.09. The molecule has 18 heavy (non-hydrogen) atoms. The van der Waals surface area contributed by atoms with E-state index >= 15 is 0 Å². The third kappa shape index (κ3) is 4.12. The molecule has 0 aliphatic carbocycles. The normalized spacial score (nSPS) is 11.9. The summed E-state index contributed by atoms with van der Waals surface area (Å²) in [5, 5.41) is 10.6. The Bertz CT molecular complexity index is 463. The molecule has 1 atom stereocenters. The molecule has 2 N–H and O–H groups in total. The average Bonchev–Trinajstić information content (AvgIpc) is 2.26. The molecular formula is C12H13F2NO3. The van der Waals surface area contributed by atoms with Gasteiger partial charge in [-0.3, -0.25) is 9.59 Å². The Morgan fingerprint density at radius 2 is 2.06 bits per heavy atom. The smallest absolute Gasteiger partial charge is 0.322 e. The van der Waals surface area contributed by atoms with Crippen molar-refractivity contribution < 1.29 is 23.5 Å². The highest BCUT2D eigenvalue weighted by atomic mass is 19.1. The molecule has 0 aliphatic rings. The van der Waals surface area contributed by atoms with Crippen molar-refractivity contribution in [3.63, 3.8) is 0 Å². The van der Waals surface area contributed by atoms with E-state index in [9.17, 15) is 18.4 Å². The zero-order valence-corrected chi connectivity index (χ0v) is 9.74. The molecule has 4 nitrogen and oxygen atoms in total. The van der Waals surface area contributed by atoms with Crippen LogP contribution in [0.15, 0.2) is 18.2 Å². The van der Waals surface area contributed by atoms with Crippen LogP contribution in [0.5, 0.6) is 0 Å². The molecule has 1 rings (SSSR count). The van der Waals surface area contributed by atoms with Crippen molar-refractivity contribution in [3.05, 3.63) is 35.4 Å². The molecule has 6 heteroatoms. The van der Waals surface area contributed by atoms with E-state index in [0.717, 1.165) is 12.1 Å². The Labute approximate surface area is 103 Å². The Morgan fingerprint density at radius 3 is 2.61 bits per heavy atom. The number of benzene rings is 1. The molecule has 1 aromatic carbocycles. The van der Waals surface area contributed by atoms with Gasteiger partial charge in [0.25, 0.3) is 0 Å². The summed E-state index contributed by atoms with van der Waals surface area (Å²) in [6, 6.07) is 3.14. The monoisotopic (exact) mass is 257 g/mol. The van der Waals surface area contributed by atoms with Gasteiger partial charge in [0.05, 0.1) is 0 Å². The summed E-state index contributed by atoms with van der Waals surface area (Å²) in [4.78, 5) is 21.6. The summed E-state index contributed by atoms with van der Waals surface area (Å²) in [5.74, 6) is -3.50. The van der Waals surface area contributed by atoms with Crippen LogP contribution in [0.2, 0.25) is 0 Å². The zero-order chi connectivity index (χ0) is 13.7. The number of carbonyl (C=O) groups excluding carboxylic acids is 1. The van der Waals surface area contributed by atoms with Gasteiger partial charge in [0.2, 0.25) is 5.91 Å². The molecule has 0 saturated heterocycles. The van der Waals surface area contributed by atoms with Gasteiger partial charge in [-0.2, -0.15) is 0 Å². The van der Waals surface area contributed by atoms with Gasteiger partial charge in [-0.05, 0) is 17.5 Å². The number of amides is 1. The van der Waals surface area contributed by atoms with E-state index in [1.807, 2.05) is 0 Å². The highest BCUT2D eigenvalue weighted by Crippen LogP contribution is 2.22. The van der Waals surface area contributed by atoms with Crippen LogP contribution in [-0.2, 0) is 9.59 Å². The van der Waals surface area contributed by atoms with Crippen molar-refractivity contribution in [2.75, 3.05) is 6.54 Å². The van der Waals surface area contributed by atoms with E-state index in [2.05, 4.69) is 5.32 Å². The van der Waals surface area contributed by atoms with Gasteiger partial charge in [0.15, 0.2) is 0 Å². The van der Waals surface area contributed by atoms with Gasteiger partial charge in [0.1, 0.15) is 18.2 Å². The maximum absolute atomic E-state index is 13.4. The summed E-state index contributed by atoms with van der Waals surface area (Å²) < 4.78 is 26.1. The number of nitrogens with one attached hydrogen (secondary N) is 1. The van der Waals surface area contributed by atoms with Crippen molar-refractivity contribution >= 4 is 11.9 Å². The fraction of sp³-hybridized carbons (Fsp3) is 0.333. The predicted molar refractivity (Wildman–Crippen MR) is 60.0 cm³/mol. The van der Waals surface area contributed by atoms with Gasteiger partial charge < -0.3 is 10.4 Å². The summed E-state index contributed by atoms with van der Waals surface area (Å²) >= 11 is 0. The molecule has 0 radical (unpaired) electrons. The number of carboxylic acids is 1. The van der Waals surface area contributed by atoms with Crippen LogP contribution < -0.4 is 5.32 Å². The standard InChI is InChI=1S/C12H13F2NO3/c1-7(4-11(16)15-6-12(17)18)9-3-2-8(13)5-10(9)14/h2-3,5,7H,4,6H2,1H3,(H,15,16)(H,17,18). The van der Waals surface area contributed by atoms with E-state index in [-0.39, 0.29) is 12.0 Å². The number of aliphatic carboxylic acids is 1. The molecule has 1 unspecified atom stereocenters. The quantitative estimate of drug-likeness (QED) is 0.843. The van der Waals surface area contributed by atoms with Gasteiger partial charge in [-0.15, -0.1) is 0 Å². The minimum atomic E-state index is -1.15. The SMILES string of the molecule is CC(CC(=O)NCC(=O)O)c1ccc(F)cc1F. The number of rotatable bonds is 5. The van der Waals surface area contributed by atoms with Crippen LogP contribution in [0.25, 0.3) is 0 Å². The first-order valence-corrected chi connectivity index (χ1v) is 5.33. The third-order valence-corrected chi connectivity index (χ3v) is 2.42. The molecule has 0 heterocycles. The van der Waals surface area contributed by atoms with Gasteiger partial charge in [-0.1, -0.05) is 13.0 Å². The highest BCUT2D eigenvalue weighted by molar-refractivity contribution is 5.81. The molecule has 0 aromatic heterocycles. The first kappa shape index (κ1) is 14.1. The summed E-state index contributed by atoms with van der Waals surface area (Å²) in [5.41, 5.74) is 0.224. The van der Waals surface area contributed by atoms with E-state index in [1.165, 1.54) is 6.07 Å². The fourth-order valence-electron chi connectivity index (χ4n) is 1.54. The van der Waals surface area contributed by atoms with Gasteiger partial charge in [0, 0.05) is 12.5 Å². The Morgan fingerprint density at radius 1 is 1.39 bits per heavy atom. The van der Waals surface area contributed by atoms with Crippen LogP contribution in [0.4, 0.5) is 8.78 Å². The summed E-state index contributed by atoms with van der Waals surface area (Å²) in [7, 11) is 0. The minimum Gasteiger partial charge on any atom is -0.480 e. The molecule has 1 amide bonds. The number of hydrogen-bond donors (Lipinski definition) is 2. The van der Waals surface area contributed by atoms with Crippen LogP contribution >= 0.6 is 0 Å². The van der Waals surface area contributed by atoms with Gasteiger partial charge >= 0.3 is 5.97 Å². The molecule has 1 aromatic rings. The van der Waals surface area contributed by atoms with Gasteiger partial charge in [-0.25, -0.2) is 8.78 Å². The lowest BCUT2D eigenvalue weighted by molar-refractivity contribution is -0.138. The van der Waals surface area contributed by atoms with Crippen molar-refractivity contribution in [1.82, 2.24) is 5.32 Å². The minimum absolute atomic E-state index is 0.0597. The average molecular weight is 257 g/mol. The van der Waals surface area contributed by atoms with Crippen molar-refractivity contribution in [2.45, 2.75) is 19.3 Å². The first-order valence-electron chi connectivity index (χ1n) is 5.33.